The lowest BCUT2D eigenvalue weighted by molar-refractivity contribution is 0.315. The molecule has 0 amide bonds. The van der Waals surface area contributed by atoms with E-state index in [0.29, 0.717) is 6.04 Å². The van der Waals surface area contributed by atoms with Crippen molar-refractivity contribution in [2.24, 2.45) is 0 Å². The minimum Gasteiger partial charge on any atom is -0.328 e. The van der Waals surface area contributed by atoms with Crippen molar-refractivity contribution >= 4 is 5.52 Å². The van der Waals surface area contributed by atoms with Crippen LogP contribution in [0.15, 0.2) is 30.6 Å². The van der Waals surface area contributed by atoms with Gasteiger partial charge in [0.2, 0.25) is 0 Å². The van der Waals surface area contributed by atoms with E-state index in [1.54, 1.807) is 0 Å². The number of hydrogen-bond acceptors (Lipinski definition) is 3. The monoisotopic (exact) mass is 335 g/mol. The third-order valence-corrected chi connectivity index (χ3v) is 5.86. The Morgan fingerprint density at radius 2 is 2.12 bits per heavy atom. The molecule has 0 spiro atoms. The lowest BCUT2D eigenvalue weighted by Gasteiger charge is -2.21. The number of aromatic nitrogens is 4. The summed E-state index contributed by atoms with van der Waals surface area (Å²) in [4.78, 5) is 7.44. The normalized spacial score (nSPS) is 21.1. The zero-order chi connectivity index (χ0) is 16.8. The Kier molecular flexibility index (Phi) is 3.63. The zero-order valence-electron chi connectivity index (χ0n) is 14.9. The van der Waals surface area contributed by atoms with Gasteiger partial charge in [0.1, 0.15) is 5.82 Å². The van der Waals surface area contributed by atoms with Crippen LogP contribution in [0.25, 0.3) is 5.52 Å². The Labute approximate surface area is 148 Å². The van der Waals surface area contributed by atoms with Crippen molar-refractivity contribution < 1.29 is 0 Å². The molecule has 1 fully saturated rings. The van der Waals surface area contributed by atoms with Gasteiger partial charge in [-0.3, -0.25) is 4.90 Å². The number of hydrogen-bond donors (Lipinski definition) is 0. The topological polar surface area (TPSA) is 38.4 Å². The van der Waals surface area contributed by atoms with Crippen molar-refractivity contribution in [1.82, 2.24) is 24.1 Å². The van der Waals surface area contributed by atoms with E-state index in [-0.39, 0.29) is 0 Å². The number of imidazole rings is 1. The number of pyridine rings is 1. The van der Waals surface area contributed by atoms with Gasteiger partial charge in [0.05, 0.1) is 17.4 Å². The predicted octanol–water partition coefficient (Wildman–Crippen LogP) is 3.17. The lowest BCUT2D eigenvalue weighted by Crippen LogP contribution is -2.22. The molecule has 2 aliphatic rings. The Hall–Kier alpha value is -2.14. The number of aryl methyl sites for hydroxylation is 2. The highest BCUT2D eigenvalue weighted by molar-refractivity contribution is 5.53. The second-order valence-electron chi connectivity index (χ2n) is 7.51. The molecular weight excluding hydrogens is 310 g/mol. The van der Waals surface area contributed by atoms with Gasteiger partial charge in [0.25, 0.3) is 0 Å². The molecule has 0 N–H and O–H groups in total. The molecule has 1 atom stereocenters. The van der Waals surface area contributed by atoms with Crippen molar-refractivity contribution in [2.45, 2.75) is 51.6 Å². The highest BCUT2D eigenvalue weighted by atomic mass is 15.2. The third kappa shape index (κ3) is 2.58. The minimum absolute atomic E-state index is 0.580. The maximum Gasteiger partial charge on any atom is 0.106 e. The molecule has 4 heterocycles. The maximum atomic E-state index is 4.87. The second kappa shape index (κ2) is 5.99. The van der Waals surface area contributed by atoms with Crippen LogP contribution >= 0.6 is 0 Å². The number of fused-ring (bicyclic) bond motifs is 2. The molecule has 0 aromatic carbocycles. The van der Waals surface area contributed by atoms with Gasteiger partial charge >= 0.3 is 0 Å². The van der Waals surface area contributed by atoms with Crippen LogP contribution in [0.5, 0.6) is 0 Å². The van der Waals surface area contributed by atoms with Gasteiger partial charge in [-0.05, 0) is 51.2 Å². The molecule has 0 saturated carbocycles. The standard InChI is InChI=1S/C20H25N5/c1-15-22-18-6-2-3-8-20(18)25(15)17-9-11-23(14-17)13-16-12-21-24-10-5-4-7-19(16)24/h4-5,7,10,12,17H,2-3,6,8-9,11,13-14H2,1H3. The molecule has 1 unspecified atom stereocenters. The second-order valence-corrected chi connectivity index (χ2v) is 7.51. The van der Waals surface area contributed by atoms with E-state index in [4.69, 9.17) is 4.98 Å². The summed E-state index contributed by atoms with van der Waals surface area (Å²) in [5.74, 6) is 1.22. The van der Waals surface area contributed by atoms with Gasteiger partial charge in [-0.15, -0.1) is 0 Å². The molecule has 5 heteroatoms. The highest BCUT2D eigenvalue weighted by Gasteiger charge is 2.29. The van der Waals surface area contributed by atoms with Gasteiger partial charge in [-0.1, -0.05) is 6.07 Å². The van der Waals surface area contributed by atoms with E-state index < -0.39 is 0 Å². The molecular formula is C20H25N5. The summed E-state index contributed by atoms with van der Waals surface area (Å²) in [6.45, 7) is 5.45. The van der Waals surface area contributed by atoms with Gasteiger partial charge in [0, 0.05) is 43.1 Å². The van der Waals surface area contributed by atoms with Crippen molar-refractivity contribution in [3.8, 4) is 0 Å². The summed E-state index contributed by atoms with van der Waals surface area (Å²) in [5.41, 5.74) is 5.43. The van der Waals surface area contributed by atoms with Crippen LogP contribution in [0, 0.1) is 6.92 Å². The summed E-state index contributed by atoms with van der Waals surface area (Å²) in [6.07, 6.45) is 10.3. The van der Waals surface area contributed by atoms with Crippen LogP contribution in [0.2, 0.25) is 0 Å². The fourth-order valence-corrected chi connectivity index (χ4v) is 4.70. The molecule has 1 saturated heterocycles. The molecule has 5 nitrogen and oxygen atoms in total. The molecule has 3 aromatic rings. The van der Waals surface area contributed by atoms with Crippen molar-refractivity contribution in [3.05, 3.63) is 53.4 Å². The first kappa shape index (κ1) is 15.1. The van der Waals surface area contributed by atoms with Crippen LogP contribution in [0.4, 0.5) is 0 Å². The Balaban J connectivity index is 1.36. The van der Waals surface area contributed by atoms with E-state index in [1.165, 1.54) is 60.4 Å². The summed E-state index contributed by atoms with van der Waals surface area (Å²) < 4.78 is 4.53. The largest absolute Gasteiger partial charge is 0.328 e. The van der Waals surface area contributed by atoms with Gasteiger partial charge in [-0.25, -0.2) is 9.50 Å². The highest BCUT2D eigenvalue weighted by Crippen LogP contribution is 2.31. The van der Waals surface area contributed by atoms with Gasteiger partial charge in [0.15, 0.2) is 0 Å². The molecule has 5 rings (SSSR count). The number of likely N-dealkylation sites (tertiary alicyclic amines) is 1. The number of rotatable bonds is 3. The molecule has 25 heavy (non-hydrogen) atoms. The molecule has 1 aliphatic heterocycles. The molecule has 0 bridgehead atoms. The smallest absolute Gasteiger partial charge is 0.106 e. The molecule has 130 valence electrons. The van der Waals surface area contributed by atoms with E-state index in [0.717, 1.165) is 19.6 Å². The molecule has 1 aliphatic carbocycles. The fourth-order valence-electron chi connectivity index (χ4n) is 4.70. The average Bonchev–Trinajstić information content (AvgIpc) is 3.32. The molecule has 0 radical (unpaired) electrons. The Bertz CT molecular complexity index is 906. The molecule has 3 aromatic heterocycles. The van der Waals surface area contributed by atoms with E-state index in [9.17, 15) is 0 Å². The van der Waals surface area contributed by atoms with Gasteiger partial charge in [-0.2, -0.15) is 5.10 Å². The van der Waals surface area contributed by atoms with Gasteiger partial charge < -0.3 is 4.57 Å². The third-order valence-electron chi connectivity index (χ3n) is 5.86. The van der Waals surface area contributed by atoms with E-state index >= 15 is 0 Å². The van der Waals surface area contributed by atoms with Crippen LogP contribution in [-0.4, -0.2) is 37.2 Å². The first-order valence-electron chi connectivity index (χ1n) is 9.50. The summed E-state index contributed by atoms with van der Waals surface area (Å²) in [7, 11) is 0. The minimum atomic E-state index is 0.580. The zero-order valence-corrected chi connectivity index (χ0v) is 14.9. The average molecular weight is 335 g/mol. The first-order valence-corrected chi connectivity index (χ1v) is 9.50. The van der Waals surface area contributed by atoms with Crippen molar-refractivity contribution in [3.63, 3.8) is 0 Å². The Morgan fingerprint density at radius 3 is 3.08 bits per heavy atom. The van der Waals surface area contributed by atoms with Crippen molar-refractivity contribution in [1.29, 1.82) is 0 Å². The summed E-state index contributed by atoms with van der Waals surface area (Å²) in [5, 5.41) is 4.48. The van der Waals surface area contributed by atoms with Crippen LogP contribution in [0.1, 0.15) is 48.1 Å². The van der Waals surface area contributed by atoms with Crippen LogP contribution in [0.3, 0.4) is 0 Å². The summed E-state index contributed by atoms with van der Waals surface area (Å²) >= 11 is 0. The Morgan fingerprint density at radius 1 is 1.20 bits per heavy atom. The maximum absolute atomic E-state index is 4.87. The quantitative estimate of drug-likeness (QED) is 0.738. The predicted molar refractivity (Wildman–Crippen MR) is 97.7 cm³/mol. The van der Waals surface area contributed by atoms with Crippen LogP contribution < -0.4 is 0 Å². The number of nitrogens with zero attached hydrogens (tertiary/aromatic N) is 5. The van der Waals surface area contributed by atoms with Crippen molar-refractivity contribution in [2.75, 3.05) is 13.1 Å². The SMILES string of the molecule is Cc1nc2c(n1C1CCN(Cc3cnn4ccccc34)C1)CCCC2. The lowest BCUT2D eigenvalue weighted by atomic mass is 10.0. The first-order chi connectivity index (χ1) is 12.3. The van der Waals surface area contributed by atoms with Crippen LogP contribution in [-0.2, 0) is 19.4 Å². The fraction of sp³-hybridized carbons (Fsp3) is 0.500. The summed E-state index contributed by atoms with van der Waals surface area (Å²) in [6, 6.07) is 6.86. The van der Waals surface area contributed by atoms with E-state index in [2.05, 4.69) is 33.6 Å². The van der Waals surface area contributed by atoms with E-state index in [1.807, 2.05) is 23.0 Å².